The Morgan fingerprint density at radius 3 is 2.43 bits per heavy atom. The molecule has 30 heavy (non-hydrogen) atoms. The van der Waals surface area contributed by atoms with Gasteiger partial charge in [0.25, 0.3) is 0 Å². The number of nitrogens with zero attached hydrogens (tertiary/aromatic N) is 3. The number of halogens is 1. The number of aliphatic imine (C=N–C) groups is 1. The van der Waals surface area contributed by atoms with Gasteiger partial charge in [0.2, 0.25) is 5.91 Å². The summed E-state index contributed by atoms with van der Waals surface area (Å²) in [6.45, 7) is 10.8. The minimum Gasteiger partial charge on any atom is -0.354 e. The highest BCUT2D eigenvalue weighted by molar-refractivity contribution is 14.0. The fourth-order valence-corrected chi connectivity index (χ4v) is 4.32. The van der Waals surface area contributed by atoms with Crippen LogP contribution in [-0.2, 0) is 4.79 Å². The van der Waals surface area contributed by atoms with Gasteiger partial charge in [0, 0.05) is 38.6 Å². The van der Waals surface area contributed by atoms with Gasteiger partial charge in [-0.3, -0.25) is 14.7 Å². The number of carbonyl (C=O) groups is 1. The lowest BCUT2D eigenvalue weighted by Gasteiger charge is -2.29. The van der Waals surface area contributed by atoms with Crippen molar-refractivity contribution < 1.29 is 4.79 Å². The van der Waals surface area contributed by atoms with E-state index < -0.39 is 0 Å². The summed E-state index contributed by atoms with van der Waals surface area (Å²) in [6.07, 6.45) is 3.51. The first kappa shape index (κ1) is 24.9. The lowest BCUT2D eigenvalue weighted by Crippen LogP contribution is -2.47. The van der Waals surface area contributed by atoms with E-state index in [1.807, 2.05) is 25.8 Å². The topological polar surface area (TPSA) is 60.0 Å². The van der Waals surface area contributed by atoms with E-state index >= 15 is 0 Å². The van der Waals surface area contributed by atoms with Gasteiger partial charge in [-0.25, -0.2) is 0 Å². The van der Waals surface area contributed by atoms with Gasteiger partial charge >= 0.3 is 0 Å². The van der Waals surface area contributed by atoms with E-state index in [4.69, 9.17) is 0 Å². The normalized spacial score (nSPS) is 20.9. The number of likely N-dealkylation sites (tertiary alicyclic amines) is 2. The molecule has 0 aliphatic carbocycles. The third-order valence-electron chi connectivity index (χ3n) is 6.06. The maximum Gasteiger partial charge on any atom is 0.225 e. The molecule has 2 fully saturated rings. The molecule has 0 spiro atoms. The summed E-state index contributed by atoms with van der Waals surface area (Å²) in [5.41, 5.74) is 2.65. The third kappa shape index (κ3) is 6.57. The number of hydrogen-bond acceptors (Lipinski definition) is 3. The van der Waals surface area contributed by atoms with E-state index in [9.17, 15) is 4.79 Å². The minimum absolute atomic E-state index is 0. The molecule has 2 aliphatic rings. The molecule has 1 amide bonds. The Labute approximate surface area is 198 Å². The molecule has 7 heteroatoms. The second-order valence-corrected chi connectivity index (χ2v) is 8.69. The zero-order valence-electron chi connectivity index (χ0n) is 18.9. The van der Waals surface area contributed by atoms with Crippen molar-refractivity contribution in [3.8, 4) is 0 Å². The Kier molecular flexibility index (Phi) is 9.87. The summed E-state index contributed by atoms with van der Waals surface area (Å²) >= 11 is 0. The first-order valence-corrected chi connectivity index (χ1v) is 11.0. The number of aryl methyl sites for hydroxylation is 1. The summed E-state index contributed by atoms with van der Waals surface area (Å²) in [6, 6.07) is 9.51. The first-order valence-electron chi connectivity index (χ1n) is 11.0. The van der Waals surface area contributed by atoms with Crippen LogP contribution in [0.25, 0.3) is 0 Å². The molecule has 1 aromatic rings. The van der Waals surface area contributed by atoms with Crippen molar-refractivity contribution in [3.63, 3.8) is 0 Å². The standard InChI is InChI=1S/C23H37N5O.HI/c1-17(2)22(29)28-14-11-20(16-28)26-23(24-4)25-15-21(27-12-5-6-13-27)19-9-7-18(3)8-10-19;/h7-10,17,20-21H,5-6,11-16H2,1-4H3,(H2,24,25,26);1H. The lowest BCUT2D eigenvalue weighted by atomic mass is 10.0. The van der Waals surface area contributed by atoms with E-state index in [0.29, 0.717) is 6.04 Å². The van der Waals surface area contributed by atoms with E-state index in [2.05, 4.69) is 51.7 Å². The number of rotatable bonds is 6. The van der Waals surface area contributed by atoms with Crippen molar-refractivity contribution >= 4 is 35.8 Å². The van der Waals surface area contributed by atoms with Crippen LogP contribution in [0.2, 0.25) is 0 Å². The van der Waals surface area contributed by atoms with Crippen LogP contribution in [0.4, 0.5) is 0 Å². The SMILES string of the molecule is CN=C(NCC(c1ccc(C)cc1)N1CCCC1)NC1CCN(C(=O)C(C)C)C1.I. The fourth-order valence-electron chi connectivity index (χ4n) is 4.32. The van der Waals surface area contributed by atoms with E-state index in [-0.39, 0.29) is 41.8 Å². The summed E-state index contributed by atoms with van der Waals surface area (Å²) in [7, 11) is 1.82. The molecule has 3 rings (SSSR count). The Hall–Kier alpha value is -1.35. The molecule has 2 saturated heterocycles. The first-order chi connectivity index (χ1) is 14.0. The number of hydrogen-bond donors (Lipinski definition) is 2. The van der Waals surface area contributed by atoms with Crippen LogP contribution in [-0.4, -0.2) is 67.5 Å². The molecule has 168 valence electrons. The number of nitrogens with one attached hydrogen (secondary N) is 2. The van der Waals surface area contributed by atoms with Gasteiger partial charge < -0.3 is 15.5 Å². The van der Waals surface area contributed by atoms with Gasteiger partial charge in [0.1, 0.15) is 0 Å². The van der Waals surface area contributed by atoms with E-state index in [0.717, 1.165) is 45.1 Å². The van der Waals surface area contributed by atoms with E-state index in [1.165, 1.54) is 24.0 Å². The van der Waals surface area contributed by atoms with Gasteiger partial charge in [-0.05, 0) is 44.8 Å². The second-order valence-electron chi connectivity index (χ2n) is 8.69. The largest absolute Gasteiger partial charge is 0.354 e. The van der Waals surface area contributed by atoms with Crippen molar-refractivity contribution in [1.29, 1.82) is 0 Å². The van der Waals surface area contributed by atoms with Crippen LogP contribution in [0, 0.1) is 12.8 Å². The number of carbonyl (C=O) groups excluding carboxylic acids is 1. The summed E-state index contributed by atoms with van der Waals surface area (Å²) in [4.78, 5) is 21.2. The lowest BCUT2D eigenvalue weighted by molar-refractivity contribution is -0.133. The molecule has 0 saturated carbocycles. The summed E-state index contributed by atoms with van der Waals surface area (Å²) in [5.74, 6) is 1.12. The second kappa shape index (κ2) is 11.9. The third-order valence-corrected chi connectivity index (χ3v) is 6.06. The number of benzene rings is 1. The Morgan fingerprint density at radius 1 is 1.17 bits per heavy atom. The highest BCUT2D eigenvalue weighted by Crippen LogP contribution is 2.25. The van der Waals surface area contributed by atoms with Crippen molar-refractivity contribution in [1.82, 2.24) is 20.4 Å². The molecule has 2 aliphatic heterocycles. The van der Waals surface area contributed by atoms with Gasteiger partial charge in [0.15, 0.2) is 5.96 Å². The molecule has 0 aromatic heterocycles. The predicted molar refractivity (Wildman–Crippen MR) is 134 cm³/mol. The van der Waals surface area contributed by atoms with Gasteiger partial charge in [0.05, 0.1) is 6.04 Å². The van der Waals surface area contributed by atoms with Crippen LogP contribution in [0.5, 0.6) is 0 Å². The minimum atomic E-state index is 0. The Morgan fingerprint density at radius 2 is 1.83 bits per heavy atom. The van der Waals surface area contributed by atoms with Crippen LogP contribution >= 0.6 is 24.0 Å². The highest BCUT2D eigenvalue weighted by atomic mass is 127. The molecule has 2 unspecified atom stereocenters. The average molecular weight is 527 g/mol. The molecule has 6 nitrogen and oxygen atoms in total. The molecule has 2 N–H and O–H groups in total. The summed E-state index contributed by atoms with van der Waals surface area (Å²) in [5, 5.41) is 7.07. The zero-order valence-corrected chi connectivity index (χ0v) is 21.2. The smallest absolute Gasteiger partial charge is 0.225 e. The summed E-state index contributed by atoms with van der Waals surface area (Å²) < 4.78 is 0. The monoisotopic (exact) mass is 527 g/mol. The van der Waals surface area contributed by atoms with Crippen molar-refractivity contribution in [2.24, 2.45) is 10.9 Å². The molecule has 0 bridgehead atoms. The molecular formula is C23H38IN5O. The maximum atomic E-state index is 12.2. The van der Waals surface area contributed by atoms with Crippen LogP contribution in [0.3, 0.4) is 0 Å². The predicted octanol–water partition coefficient (Wildman–Crippen LogP) is 3.17. The van der Waals surface area contributed by atoms with Crippen LogP contribution in [0.15, 0.2) is 29.3 Å². The molecular weight excluding hydrogens is 489 g/mol. The van der Waals surface area contributed by atoms with Crippen LogP contribution in [0.1, 0.15) is 50.3 Å². The van der Waals surface area contributed by atoms with Gasteiger partial charge in [-0.15, -0.1) is 24.0 Å². The van der Waals surface area contributed by atoms with Gasteiger partial charge in [-0.1, -0.05) is 43.7 Å². The molecule has 0 radical (unpaired) electrons. The number of amides is 1. The van der Waals surface area contributed by atoms with Crippen molar-refractivity contribution in [2.75, 3.05) is 39.8 Å². The van der Waals surface area contributed by atoms with E-state index in [1.54, 1.807) is 0 Å². The van der Waals surface area contributed by atoms with Crippen molar-refractivity contribution in [3.05, 3.63) is 35.4 Å². The van der Waals surface area contributed by atoms with Crippen molar-refractivity contribution in [2.45, 2.75) is 52.1 Å². The highest BCUT2D eigenvalue weighted by Gasteiger charge is 2.28. The number of guanidine groups is 1. The Bertz CT molecular complexity index is 700. The maximum absolute atomic E-state index is 12.2. The fraction of sp³-hybridized carbons (Fsp3) is 0.652. The quantitative estimate of drug-likeness (QED) is 0.339. The molecule has 2 atom stereocenters. The van der Waals surface area contributed by atoms with Crippen LogP contribution < -0.4 is 10.6 Å². The molecule has 1 aromatic carbocycles. The molecule has 2 heterocycles. The van der Waals surface area contributed by atoms with Gasteiger partial charge in [-0.2, -0.15) is 0 Å². The Balaban J connectivity index is 0.00000320. The zero-order chi connectivity index (χ0) is 20.8. The average Bonchev–Trinajstić information content (AvgIpc) is 3.40.